The number of aryl methyl sites for hydroxylation is 1. The van der Waals surface area contributed by atoms with Crippen molar-refractivity contribution in [3.05, 3.63) is 21.9 Å². The van der Waals surface area contributed by atoms with Gasteiger partial charge >= 0.3 is 0 Å². The molecule has 0 saturated carbocycles. The minimum atomic E-state index is -0.797. The predicted octanol–water partition coefficient (Wildman–Crippen LogP) is 1.38. The van der Waals surface area contributed by atoms with Crippen LogP contribution >= 0.6 is 24.0 Å². The molecule has 4 heteroatoms. The van der Waals surface area contributed by atoms with Gasteiger partial charge in [-0.05, 0) is 28.8 Å². The Bertz CT molecular complexity index is 247. The number of aliphatic hydroxyl groups is 2. The molecule has 1 heterocycles. The first-order valence-electron chi connectivity index (χ1n) is 3.66. The molecule has 2 unspecified atom stereocenters. The van der Waals surface area contributed by atoms with Crippen molar-refractivity contribution in [2.75, 3.05) is 5.75 Å². The van der Waals surface area contributed by atoms with Gasteiger partial charge in [0, 0.05) is 5.75 Å². The maximum absolute atomic E-state index is 9.57. The highest BCUT2D eigenvalue weighted by molar-refractivity contribution is 7.80. The molecule has 2 nitrogen and oxygen atoms in total. The van der Waals surface area contributed by atoms with Gasteiger partial charge in [0.15, 0.2) is 0 Å². The predicted molar refractivity (Wildman–Crippen MR) is 53.9 cm³/mol. The lowest BCUT2D eigenvalue weighted by Crippen LogP contribution is -2.19. The van der Waals surface area contributed by atoms with Crippen molar-refractivity contribution in [3.63, 3.8) is 0 Å². The molecule has 0 aliphatic rings. The molecule has 0 saturated heterocycles. The summed E-state index contributed by atoms with van der Waals surface area (Å²) >= 11 is 5.44. The fourth-order valence-electron chi connectivity index (χ4n) is 0.980. The van der Waals surface area contributed by atoms with Crippen molar-refractivity contribution in [1.29, 1.82) is 0 Å². The Hall–Kier alpha value is -0.0300. The molecule has 0 radical (unpaired) electrons. The van der Waals surface area contributed by atoms with Crippen molar-refractivity contribution in [3.8, 4) is 0 Å². The lowest BCUT2D eigenvalue weighted by atomic mass is 10.1. The lowest BCUT2D eigenvalue weighted by molar-refractivity contribution is 0.0336. The van der Waals surface area contributed by atoms with Crippen LogP contribution in [-0.2, 0) is 0 Å². The third kappa shape index (κ3) is 2.01. The quantitative estimate of drug-likeness (QED) is 0.651. The SMILES string of the molecule is Cc1cscc1C(O)C(O)CS. The first-order chi connectivity index (χ1) is 5.66. The molecule has 1 aromatic heterocycles. The molecule has 12 heavy (non-hydrogen) atoms. The van der Waals surface area contributed by atoms with Gasteiger partial charge in [-0.1, -0.05) is 0 Å². The van der Waals surface area contributed by atoms with Crippen molar-refractivity contribution < 1.29 is 10.2 Å². The van der Waals surface area contributed by atoms with Crippen LogP contribution in [0.2, 0.25) is 0 Å². The zero-order chi connectivity index (χ0) is 9.14. The van der Waals surface area contributed by atoms with E-state index in [0.29, 0.717) is 0 Å². The summed E-state index contributed by atoms with van der Waals surface area (Å²) in [5, 5.41) is 22.7. The standard InChI is InChI=1S/C8H12O2S2/c1-5-3-12-4-6(5)8(10)7(9)2-11/h3-4,7-11H,2H2,1H3. The van der Waals surface area contributed by atoms with Crippen molar-refractivity contribution in [2.45, 2.75) is 19.1 Å². The van der Waals surface area contributed by atoms with Gasteiger partial charge in [-0.3, -0.25) is 0 Å². The maximum Gasteiger partial charge on any atom is 0.107 e. The van der Waals surface area contributed by atoms with Crippen molar-refractivity contribution >= 4 is 24.0 Å². The maximum atomic E-state index is 9.57. The number of aliphatic hydroxyl groups excluding tert-OH is 2. The first kappa shape index (κ1) is 10.1. The molecule has 68 valence electrons. The Morgan fingerprint density at radius 2 is 2.17 bits per heavy atom. The van der Waals surface area contributed by atoms with Crippen LogP contribution in [0.4, 0.5) is 0 Å². The number of thiol groups is 1. The van der Waals surface area contributed by atoms with Crippen molar-refractivity contribution in [2.24, 2.45) is 0 Å². The number of hydrogen-bond donors (Lipinski definition) is 3. The molecule has 2 atom stereocenters. The van der Waals surface area contributed by atoms with Crippen LogP contribution in [0.3, 0.4) is 0 Å². The van der Waals surface area contributed by atoms with Gasteiger partial charge < -0.3 is 10.2 Å². The van der Waals surface area contributed by atoms with Crippen molar-refractivity contribution in [1.82, 2.24) is 0 Å². The van der Waals surface area contributed by atoms with E-state index in [4.69, 9.17) is 0 Å². The van der Waals surface area contributed by atoms with E-state index in [1.54, 1.807) is 0 Å². The average Bonchev–Trinajstić information content (AvgIpc) is 2.48. The number of thiophene rings is 1. The highest BCUT2D eigenvalue weighted by Gasteiger charge is 2.18. The monoisotopic (exact) mass is 204 g/mol. The fraction of sp³-hybridized carbons (Fsp3) is 0.500. The van der Waals surface area contributed by atoms with Gasteiger partial charge in [0.25, 0.3) is 0 Å². The van der Waals surface area contributed by atoms with Gasteiger partial charge in [-0.15, -0.1) is 0 Å². The largest absolute Gasteiger partial charge is 0.389 e. The zero-order valence-electron chi connectivity index (χ0n) is 6.77. The summed E-state index contributed by atoms with van der Waals surface area (Å²) < 4.78 is 0. The molecule has 0 aliphatic carbocycles. The van der Waals surface area contributed by atoms with Crippen LogP contribution in [0.1, 0.15) is 17.2 Å². The number of rotatable bonds is 3. The van der Waals surface area contributed by atoms with Gasteiger partial charge in [0.2, 0.25) is 0 Å². The highest BCUT2D eigenvalue weighted by Crippen LogP contribution is 2.24. The van der Waals surface area contributed by atoms with E-state index in [-0.39, 0.29) is 5.75 Å². The Balaban J connectivity index is 2.77. The van der Waals surface area contributed by atoms with Crippen LogP contribution in [0, 0.1) is 6.92 Å². The van der Waals surface area contributed by atoms with Gasteiger partial charge in [0.05, 0.1) is 6.10 Å². The fourth-order valence-corrected chi connectivity index (χ4v) is 2.06. The summed E-state index contributed by atoms with van der Waals surface area (Å²) in [6.45, 7) is 1.92. The lowest BCUT2D eigenvalue weighted by Gasteiger charge is -2.15. The summed E-state index contributed by atoms with van der Waals surface area (Å²) in [5.41, 5.74) is 1.83. The van der Waals surface area contributed by atoms with E-state index in [1.165, 1.54) is 11.3 Å². The summed E-state index contributed by atoms with van der Waals surface area (Å²) in [4.78, 5) is 0. The van der Waals surface area contributed by atoms with Crippen LogP contribution in [-0.4, -0.2) is 22.1 Å². The minimum absolute atomic E-state index is 0.274. The molecular formula is C8H12O2S2. The molecule has 0 fully saturated rings. The van der Waals surface area contributed by atoms with E-state index < -0.39 is 12.2 Å². The topological polar surface area (TPSA) is 40.5 Å². The second-order valence-electron chi connectivity index (χ2n) is 2.70. The Kier molecular flexibility index (Phi) is 3.58. The first-order valence-corrected chi connectivity index (χ1v) is 5.24. The Labute approximate surface area is 81.3 Å². The normalized spacial score (nSPS) is 16.0. The second-order valence-corrected chi connectivity index (χ2v) is 3.81. The molecule has 0 aliphatic heterocycles. The second kappa shape index (κ2) is 4.28. The van der Waals surface area contributed by atoms with Crippen LogP contribution in [0.15, 0.2) is 10.8 Å². The average molecular weight is 204 g/mol. The van der Waals surface area contributed by atoms with E-state index in [1.807, 2.05) is 17.7 Å². The van der Waals surface area contributed by atoms with Crippen LogP contribution < -0.4 is 0 Å². The van der Waals surface area contributed by atoms with Crippen LogP contribution in [0.25, 0.3) is 0 Å². The summed E-state index contributed by atoms with van der Waals surface area (Å²) in [7, 11) is 0. The summed E-state index contributed by atoms with van der Waals surface area (Å²) in [6, 6.07) is 0. The van der Waals surface area contributed by atoms with Crippen LogP contribution in [0.5, 0.6) is 0 Å². The Morgan fingerprint density at radius 1 is 1.50 bits per heavy atom. The molecule has 2 N–H and O–H groups in total. The zero-order valence-corrected chi connectivity index (χ0v) is 8.48. The minimum Gasteiger partial charge on any atom is -0.389 e. The van der Waals surface area contributed by atoms with Gasteiger partial charge in [0.1, 0.15) is 6.10 Å². The van der Waals surface area contributed by atoms with Gasteiger partial charge in [-0.2, -0.15) is 24.0 Å². The van der Waals surface area contributed by atoms with E-state index in [0.717, 1.165) is 11.1 Å². The molecule has 1 aromatic rings. The smallest absolute Gasteiger partial charge is 0.107 e. The molecule has 1 rings (SSSR count). The summed E-state index contributed by atoms with van der Waals surface area (Å²) in [6.07, 6.45) is -1.57. The highest BCUT2D eigenvalue weighted by atomic mass is 32.1. The molecule has 0 spiro atoms. The third-order valence-electron chi connectivity index (χ3n) is 1.77. The van der Waals surface area contributed by atoms with E-state index in [2.05, 4.69) is 12.6 Å². The molecule has 0 amide bonds. The molecular weight excluding hydrogens is 192 g/mol. The third-order valence-corrected chi connectivity index (χ3v) is 3.02. The van der Waals surface area contributed by atoms with E-state index >= 15 is 0 Å². The molecule has 0 bridgehead atoms. The van der Waals surface area contributed by atoms with E-state index in [9.17, 15) is 10.2 Å². The number of hydrogen-bond acceptors (Lipinski definition) is 4. The van der Waals surface area contributed by atoms with Gasteiger partial charge in [-0.25, -0.2) is 0 Å². The summed E-state index contributed by atoms with van der Waals surface area (Å²) in [5.74, 6) is 0.274. The Morgan fingerprint density at radius 3 is 2.58 bits per heavy atom. The molecule has 0 aromatic carbocycles.